The summed E-state index contributed by atoms with van der Waals surface area (Å²) >= 11 is 0. The number of likely N-dealkylation sites (N-methyl/N-ethyl adjacent to an activating group) is 1. The van der Waals surface area contributed by atoms with Crippen LogP contribution in [0.1, 0.15) is 30.4 Å². The van der Waals surface area contributed by atoms with Gasteiger partial charge in [0.2, 0.25) is 0 Å². The molecular formula is C17H21NO4. The van der Waals surface area contributed by atoms with E-state index in [4.69, 9.17) is 0 Å². The number of phenols is 2. The van der Waals surface area contributed by atoms with Crippen LogP contribution in [0.15, 0.2) is 12.1 Å². The highest BCUT2D eigenvalue weighted by molar-refractivity contribution is 5.86. The van der Waals surface area contributed by atoms with Crippen LogP contribution in [0.4, 0.5) is 0 Å². The number of aromatic hydroxyl groups is 2. The highest BCUT2D eigenvalue weighted by Gasteiger charge is 2.60. The summed E-state index contributed by atoms with van der Waals surface area (Å²) < 4.78 is 0. The topological polar surface area (TPSA) is 81.0 Å². The van der Waals surface area contributed by atoms with Gasteiger partial charge in [-0.15, -0.1) is 0 Å². The number of benzene rings is 1. The van der Waals surface area contributed by atoms with Crippen LogP contribution in [-0.2, 0) is 16.6 Å². The number of aliphatic hydroxyl groups is 1. The van der Waals surface area contributed by atoms with Gasteiger partial charge in [-0.25, -0.2) is 0 Å². The van der Waals surface area contributed by atoms with Crippen LogP contribution < -0.4 is 0 Å². The van der Waals surface area contributed by atoms with Crippen LogP contribution in [0.3, 0.4) is 0 Å². The average molecular weight is 303 g/mol. The molecule has 0 spiro atoms. The Balaban J connectivity index is 2.01. The van der Waals surface area contributed by atoms with Crippen molar-refractivity contribution in [2.24, 2.45) is 5.92 Å². The molecule has 1 aliphatic heterocycles. The number of carbonyl (C=O) groups is 1. The summed E-state index contributed by atoms with van der Waals surface area (Å²) in [5.74, 6) is -0.331. The maximum atomic E-state index is 12.2. The molecule has 3 N–H and O–H groups in total. The number of piperidine rings is 1. The number of hydrogen-bond acceptors (Lipinski definition) is 5. The first-order valence-electron chi connectivity index (χ1n) is 7.92. The molecule has 1 heterocycles. The molecule has 1 saturated heterocycles. The van der Waals surface area contributed by atoms with E-state index in [2.05, 4.69) is 11.9 Å². The zero-order valence-corrected chi connectivity index (χ0v) is 12.6. The molecule has 0 amide bonds. The molecule has 1 aromatic carbocycles. The van der Waals surface area contributed by atoms with E-state index in [0.717, 1.165) is 24.9 Å². The first-order chi connectivity index (χ1) is 10.5. The number of Topliss-reactive ketones (excluding diaryl/α,β-unsaturated/α-hetero) is 1. The van der Waals surface area contributed by atoms with Gasteiger partial charge in [0, 0.05) is 23.4 Å². The van der Waals surface area contributed by atoms with Crippen LogP contribution in [0, 0.1) is 5.92 Å². The molecule has 3 aliphatic rings. The third kappa shape index (κ3) is 1.53. The number of fused-ring (bicyclic) bond motifs is 1. The summed E-state index contributed by atoms with van der Waals surface area (Å²) in [5, 5.41) is 31.2. The molecule has 2 aliphatic carbocycles. The van der Waals surface area contributed by atoms with Crippen LogP contribution in [-0.4, -0.2) is 51.7 Å². The van der Waals surface area contributed by atoms with Crippen molar-refractivity contribution in [2.75, 3.05) is 13.6 Å². The lowest BCUT2D eigenvalue weighted by Gasteiger charge is -2.59. The van der Waals surface area contributed by atoms with Crippen molar-refractivity contribution < 1.29 is 20.1 Å². The van der Waals surface area contributed by atoms with Crippen LogP contribution in [0.25, 0.3) is 0 Å². The van der Waals surface area contributed by atoms with Gasteiger partial charge in [0.1, 0.15) is 6.10 Å². The molecule has 118 valence electrons. The zero-order valence-electron chi connectivity index (χ0n) is 12.6. The Hall–Kier alpha value is -1.59. The predicted octanol–water partition coefficient (Wildman–Crippen LogP) is 0.936. The maximum Gasteiger partial charge on any atom is 0.162 e. The van der Waals surface area contributed by atoms with E-state index in [1.165, 1.54) is 6.07 Å². The van der Waals surface area contributed by atoms with E-state index < -0.39 is 11.5 Å². The molecule has 22 heavy (non-hydrogen) atoms. The summed E-state index contributed by atoms with van der Waals surface area (Å²) in [6, 6.07) is 3.59. The van der Waals surface area contributed by atoms with Crippen molar-refractivity contribution in [3.63, 3.8) is 0 Å². The van der Waals surface area contributed by atoms with Gasteiger partial charge in [-0.2, -0.15) is 0 Å². The summed E-state index contributed by atoms with van der Waals surface area (Å²) in [6.07, 6.45) is 1.45. The highest BCUT2D eigenvalue weighted by Crippen LogP contribution is 2.58. The van der Waals surface area contributed by atoms with E-state index >= 15 is 0 Å². The van der Waals surface area contributed by atoms with Gasteiger partial charge < -0.3 is 20.2 Å². The van der Waals surface area contributed by atoms with Gasteiger partial charge >= 0.3 is 0 Å². The summed E-state index contributed by atoms with van der Waals surface area (Å²) in [7, 11) is 2.09. The molecule has 0 aromatic heterocycles. The number of hydrogen-bond donors (Lipinski definition) is 3. The van der Waals surface area contributed by atoms with Crippen molar-refractivity contribution >= 4 is 5.78 Å². The molecule has 2 fully saturated rings. The van der Waals surface area contributed by atoms with Crippen molar-refractivity contribution in [3.05, 3.63) is 23.3 Å². The largest absolute Gasteiger partial charge is 0.504 e. The number of carbonyl (C=O) groups excluding carboxylic acids is 1. The summed E-state index contributed by atoms with van der Waals surface area (Å²) in [4.78, 5) is 14.5. The first-order valence-corrected chi connectivity index (χ1v) is 7.92. The van der Waals surface area contributed by atoms with Gasteiger partial charge in [-0.1, -0.05) is 6.07 Å². The van der Waals surface area contributed by atoms with E-state index in [9.17, 15) is 20.1 Å². The smallest absolute Gasteiger partial charge is 0.162 e. The lowest BCUT2D eigenvalue weighted by Crippen LogP contribution is -2.66. The standard InChI is InChI=1S/C17H21NO4/c1-18-7-6-17-10(3-5-13(20)16(17)22)11(18)8-9-2-4-12(19)15(21)14(9)17/h2,4,10-11,16,19,21-22H,3,5-8H2,1H3. The lowest BCUT2D eigenvalue weighted by molar-refractivity contribution is -0.145. The fourth-order valence-electron chi connectivity index (χ4n) is 5.16. The van der Waals surface area contributed by atoms with E-state index in [1.54, 1.807) is 0 Å². The van der Waals surface area contributed by atoms with Crippen molar-refractivity contribution in [2.45, 2.75) is 43.2 Å². The first kappa shape index (κ1) is 14.0. The van der Waals surface area contributed by atoms with Crippen molar-refractivity contribution in [1.82, 2.24) is 4.90 Å². The van der Waals surface area contributed by atoms with Gasteiger partial charge in [-0.05, 0) is 50.4 Å². The van der Waals surface area contributed by atoms with E-state index in [1.807, 2.05) is 6.07 Å². The van der Waals surface area contributed by atoms with Crippen molar-refractivity contribution in [1.29, 1.82) is 0 Å². The molecule has 2 bridgehead atoms. The third-order valence-electron chi connectivity index (χ3n) is 6.20. The number of ketones is 1. The van der Waals surface area contributed by atoms with Crippen molar-refractivity contribution in [3.8, 4) is 11.5 Å². The number of nitrogens with zero attached hydrogens (tertiary/aromatic N) is 1. The second-order valence-corrected chi connectivity index (χ2v) is 7.02. The molecule has 5 nitrogen and oxygen atoms in total. The minimum Gasteiger partial charge on any atom is -0.504 e. The number of rotatable bonds is 0. The fourth-order valence-corrected chi connectivity index (χ4v) is 5.16. The minimum atomic E-state index is -1.09. The molecule has 4 atom stereocenters. The molecule has 1 aromatic rings. The highest BCUT2D eigenvalue weighted by atomic mass is 16.3. The number of aliphatic hydroxyl groups excluding tert-OH is 1. The number of likely N-dealkylation sites (tertiary alicyclic amines) is 1. The monoisotopic (exact) mass is 303 g/mol. The summed E-state index contributed by atoms with van der Waals surface area (Å²) in [6.45, 7) is 0.778. The lowest BCUT2D eigenvalue weighted by atomic mass is 9.50. The maximum absolute atomic E-state index is 12.2. The second-order valence-electron chi connectivity index (χ2n) is 7.02. The molecule has 4 rings (SSSR count). The Kier molecular flexibility index (Phi) is 2.84. The molecule has 5 heteroatoms. The Bertz CT molecular complexity index is 658. The zero-order chi connectivity index (χ0) is 15.6. The van der Waals surface area contributed by atoms with Crippen LogP contribution in [0.5, 0.6) is 11.5 Å². The Morgan fingerprint density at radius 1 is 1.32 bits per heavy atom. The number of phenolic OH excluding ortho intramolecular Hbond substituents is 2. The third-order valence-corrected chi connectivity index (χ3v) is 6.20. The fraction of sp³-hybridized carbons (Fsp3) is 0.588. The Labute approximate surface area is 129 Å². The Morgan fingerprint density at radius 2 is 2.09 bits per heavy atom. The van der Waals surface area contributed by atoms with Gasteiger partial charge in [-0.3, -0.25) is 4.79 Å². The van der Waals surface area contributed by atoms with E-state index in [-0.39, 0.29) is 29.2 Å². The molecule has 1 saturated carbocycles. The summed E-state index contributed by atoms with van der Waals surface area (Å²) in [5.41, 5.74) is 0.808. The van der Waals surface area contributed by atoms with Gasteiger partial charge in [0.15, 0.2) is 17.3 Å². The van der Waals surface area contributed by atoms with Gasteiger partial charge in [0.05, 0.1) is 0 Å². The minimum absolute atomic E-state index is 0.138. The van der Waals surface area contributed by atoms with Crippen LogP contribution in [0.2, 0.25) is 0 Å². The Morgan fingerprint density at radius 3 is 2.86 bits per heavy atom. The SMILES string of the molecule is CN1CCC23c4c(ccc(O)c4O)CC1C2CCC(=O)C3O. The predicted molar refractivity (Wildman–Crippen MR) is 79.9 cm³/mol. The quantitative estimate of drug-likeness (QED) is 0.621. The molecule has 0 radical (unpaired) electrons. The molecule has 4 unspecified atom stereocenters. The molecular weight excluding hydrogens is 282 g/mol. The van der Waals surface area contributed by atoms with Crippen LogP contribution >= 0.6 is 0 Å². The average Bonchev–Trinajstić information content (AvgIpc) is 2.50. The second kappa shape index (κ2) is 4.46. The van der Waals surface area contributed by atoms with E-state index in [0.29, 0.717) is 18.4 Å². The van der Waals surface area contributed by atoms with Gasteiger partial charge in [0.25, 0.3) is 0 Å². The normalized spacial score (nSPS) is 37.5.